The number of benzene rings is 1. The molecule has 2 N–H and O–H groups in total. The lowest BCUT2D eigenvalue weighted by Crippen LogP contribution is -2.51. The number of methoxy groups -OCH3 is 1. The van der Waals surface area contributed by atoms with Crippen LogP contribution in [0, 0.1) is 17.5 Å². The Balaban J connectivity index is 0.00000220. The van der Waals surface area contributed by atoms with Gasteiger partial charge in [0.1, 0.15) is 11.4 Å². The van der Waals surface area contributed by atoms with E-state index in [0.717, 1.165) is 0 Å². The highest BCUT2D eigenvalue weighted by atomic mass is 35.5. The van der Waals surface area contributed by atoms with Gasteiger partial charge in [0.05, 0.1) is 5.69 Å². The van der Waals surface area contributed by atoms with Crippen molar-refractivity contribution < 1.29 is 22.7 Å². The summed E-state index contributed by atoms with van der Waals surface area (Å²) < 4.78 is 44.7. The lowest BCUT2D eigenvalue weighted by atomic mass is 9.91. The Kier molecular flexibility index (Phi) is 6.00. The van der Waals surface area contributed by atoms with Gasteiger partial charge in [0.15, 0.2) is 11.6 Å². The topological polar surface area (TPSA) is 50.4 Å². The number of hydrogen-bond donors (Lipinski definition) is 2. The van der Waals surface area contributed by atoms with Gasteiger partial charge in [-0.15, -0.1) is 12.4 Å². The Morgan fingerprint density at radius 1 is 1.19 bits per heavy atom. The lowest BCUT2D eigenvalue weighted by Gasteiger charge is -2.34. The summed E-state index contributed by atoms with van der Waals surface area (Å²) in [4.78, 5) is 12.2. The summed E-state index contributed by atoms with van der Waals surface area (Å²) >= 11 is 0. The molecule has 1 aliphatic rings. The normalized spacial score (nSPS) is 17.0. The van der Waals surface area contributed by atoms with Gasteiger partial charge >= 0.3 is 0 Å². The third-order valence-corrected chi connectivity index (χ3v) is 3.47. The number of carbonyl (C=O) groups is 1. The highest BCUT2D eigenvalue weighted by molar-refractivity contribution is 5.97. The van der Waals surface area contributed by atoms with E-state index in [1.54, 1.807) is 0 Å². The van der Waals surface area contributed by atoms with Crippen LogP contribution in [-0.4, -0.2) is 31.7 Å². The summed E-state index contributed by atoms with van der Waals surface area (Å²) in [5, 5.41) is 5.34. The molecule has 0 radical (unpaired) electrons. The third kappa shape index (κ3) is 3.66. The summed E-state index contributed by atoms with van der Waals surface area (Å²) in [6.07, 6.45) is 0.835. The Morgan fingerprint density at radius 3 is 2.33 bits per heavy atom. The number of ether oxygens (including phenoxy) is 1. The Bertz CT molecular complexity index is 522. The fraction of sp³-hybridized carbons (Fsp3) is 0.462. The van der Waals surface area contributed by atoms with Crippen LogP contribution in [0.4, 0.5) is 18.9 Å². The van der Waals surface area contributed by atoms with Crippen LogP contribution in [0.25, 0.3) is 0 Å². The predicted molar refractivity (Wildman–Crippen MR) is 74.0 cm³/mol. The zero-order chi connectivity index (χ0) is 14.8. The first-order chi connectivity index (χ1) is 9.48. The molecule has 0 spiro atoms. The Labute approximate surface area is 126 Å². The van der Waals surface area contributed by atoms with Gasteiger partial charge in [-0.1, -0.05) is 0 Å². The molecule has 0 bridgehead atoms. The molecule has 0 unspecified atom stereocenters. The molecule has 1 aromatic carbocycles. The van der Waals surface area contributed by atoms with Crippen molar-refractivity contribution in [2.24, 2.45) is 0 Å². The van der Waals surface area contributed by atoms with Crippen molar-refractivity contribution in [3.8, 4) is 0 Å². The van der Waals surface area contributed by atoms with Gasteiger partial charge in [0, 0.05) is 19.2 Å². The smallest absolute Gasteiger partial charge is 0.256 e. The van der Waals surface area contributed by atoms with Gasteiger partial charge in [-0.3, -0.25) is 4.79 Å². The van der Waals surface area contributed by atoms with Crippen LogP contribution in [0.5, 0.6) is 0 Å². The molecule has 1 fully saturated rings. The van der Waals surface area contributed by atoms with Gasteiger partial charge in [-0.05, 0) is 25.9 Å². The van der Waals surface area contributed by atoms with Crippen molar-refractivity contribution in [1.29, 1.82) is 0 Å². The van der Waals surface area contributed by atoms with Crippen LogP contribution in [0.1, 0.15) is 12.8 Å². The van der Waals surface area contributed by atoms with Crippen LogP contribution in [0.3, 0.4) is 0 Å². The van der Waals surface area contributed by atoms with Crippen LogP contribution in [-0.2, 0) is 9.53 Å². The monoisotopic (exact) mass is 324 g/mol. The van der Waals surface area contributed by atoms with Gasteiger partial charge in [-0.2, -0.15) is 0 Å². The number of piperidine rings is 1. The molecule has 1 aliphatic heterocycles. The van der Waals surface area contributed by atoms with Gasteiger partial charge in [0.2, 0.25) is 0 Å². The first-order valence-electron chi connectivity index (χ1n) is 6.20. The average molecular weight is 325 g/mol. The van der Waals surface area contributed by atoms with Gasteiger partial charge in [0.25, 0.3) is 5.91 Å². The average Bonchev–Trinajstić information content (AvgIpc) is 2.45. The number of carbonyl (C=O) groups excluding carboxylic acids is 1. The van der Waals surface area contributed by atoms with Crippen molar-refractivity contribution in [3.63, 3.8) is 0 Å². The summed E-state index contributed by atoms with van der Waals surface area (Å²) in [5.41, 5.74) is -1.48. The van der Waals surface area contributed by atoms with E-state index in [1.165, 1.54) is 7.11 Å². The van der Waals surface area contributed by atoms with E-state index in [0.29, 0.717) is 38.1 Å². The number of hydrogen-bond acceptors (Lipinski definition) is 3. The molecule has 0 atom stereocenters. The number of rotatable bonds is 3. The second-order valence-electron chi connectivity index (χ2n) is 4.65. The molecule has 0 saturated carbocycles. The van der Waals surface area contributed by atoms with E-state index in [1.807, 2.05) is 0 Å². The van der Waals surface area contributed by atoms with Crippen LogP contribution in [0.2, 0.25) is 0 Å². The van der Waals surface area contributed by atoms with E-state index in [4.69, 9.17) is 4.74 Å². The second-order valence-corrected chi connectivity index (χ2v) is 4.65. The van der Waals surface area contributed by atoms with E-state index in [2.05, 4.69) is 10.6 Å². The summed E-state index contributed by atoms with van der Waals surface area (Å²) in [6.45, 7) is 1.17. The Hall–Kier alpha value is -1.31. The molecule has 2 rings (SSSR count). The van der Waals surface area contributed by atoms with E-state index in [-0.39, 0.29) is 12.4 Å². The van der Waals surface area contributed by atoms with Crippen molar-refractivity contribution in [3.05, 3.63) is 29.6 Å². The second kappa shape index (κ2) is 7.11. The molecule has 4 nitrogen and oxygen atoms in total. The molecule has 1 aromatic rings. The predicted octanol–water partition coefficient (Wildman–Crippen LogP) is 2.23. The van der Waals surface area contributed by atoms with Crippen LogP contribution >= 0.6 is 12.4 Å². The van der Waals surface area contributed by atoms with Gasteiger partial charge < -0.3 is 15.4 Å². The highest BCUT2D eigenvalue weighted by Gasteiger charge is 2.40. The number of nitrogens with one attached hydrogen (secondary N) is 2. The molecule has 1 heterocycles. The van der Waals surface area contributed by atoms with E-state index in [9.17, 15) is 18.0 Å². The summed E-state index contributed by atoms with van der Waals surface area (Å²) in [7, 11) is 1.40. The fourth-order valence-electron chi connectivity index (χ4n) is 2.21. The van der Waals surface area contributed by atoms with Gasteiger partial charge in [-0.25, -0.2) is 13.2 Å². The maximum absolute atomic E-state index is 13.5. The highest BCUT2D eigenvalue weighted by Crippen LogP contribution is 2.26. The number of anilines is 1. The largest absolute Gasteiger partial charge is 0.368 e. The zero-order valence-electron chi connectivity index (χ0n) is 11.3. The minimum Gasteiger partial charge on any atom is -0.368 e. The van der Waals surface area contributed by atoms with E-state index >= 15 is 0 Å². The van der Waals surface area contributed by atoms with Crippen LogP contribution in [0.15, 0.2) is 12.1 Å². The van der Waals surface area contributed by atoms with Crippen LogP contribution < -0.4 is 10.6 Å². The SMILES string of the molecule is COC1(C(=O)Nc2cc(F)c(F)cc2F)CCNCC1.Cl. The molecule has 8 heteroatoms. The first kappa shape index (κ1) is 17.7. The maximum Gasteiger partial charge on any atom is 0.256 e. The zero-order valence-corrected chi connectivity index (χ0v) is 12.2. The standard InChI is InChI=1S/C13H15F3N2O2.ClH/c1-20-13(2-4-17-5-3-13)12(19)18-11-7-9(15)8(14)6-10(11)16;/h6-7,17H,2-5H2,1H3,(H,18,19);1H. The first-order valence-corrected chi connectivity index (χ1v) is 6.20. The summed E-state index contributed by atoms with van der Waals surface area (Å²) in [5.74, 6) is -4.12. The molecule has 1 saturated heterocycles. The number of amides is 1. The Morgan fingerprint density at radius 2 is 1.76 bits per heavy atom. The fourth-order valence-corrected chi connectivity index (χ4v) is 2.21. The number of halogens is 4. The minimum atomic E-state index is -1.30. The quantitative estimate of drug-likeness (QED) is 0.838. The molecule has 118 valence electrons. The van der Waals surface area contributed by atoms with Crippen molar-refractivity contribution >= 4 is 24.0 Å². The molecule has 21 heavy (non-hydrogen) atoms. The molecule has 0 aliphatic carbocycles. The lowest BCUT2D eigenvalue weighted by molar-refractivity contribution is -0.140. The van der Waals surface area contributed by atoms with Crippen molar-refractivity contribution in [1.82, 2.24) is 5.32 Å². The molecule has 0 aromatic heterocycles. The molecule has 1 amide bonds. The van der Waals surface area contributed by atoms with Crippen molar-refractivity contribution in [2.45, 2.75) is 18.4 Å². The maximum atomic E-state index is 13.5. The minimum absolute atomic E-state index is 0. The summed E-state index contributed by atoms with van der Waals surface area (Å²) in [6, 6.07) is 1.01. The molecular weight excluding hydrogens is 309 g/mol. The van der Waals surface area contributed by atoms with E-state index < -0.39 is 34.6 Å². The third-order valence-electron chi connectivity index (χ3n) is 3.47. The molecular formula is C13H16ClF3N2O2. The van der Waals surface area contributed by atoms with Crippen molar-refractivity contribution in [2.75, 3.05) is 25.5 Å².